The van der Waals surface area contributed by atoms with E-state index in [0.29, 0.717) is 50.9 Å². The lowest BCUT2D eigenvalue weighted by molar-refractivity contribution is -0.274. The van der Waals surface area contributed by atoms with Crippen molar-refractivity contribution in [2.45, 2.75) is 39.2 Å². The highest BCUT2D eigenvalue weighted by Crippen LogP contribution is 2.35. The molecule has 0 atom stereocenters. The molecule has 15 heteroatoms. The van der Waals surface area contributed by atoms with E-state index >= 15 is 0 Å². The Bertz CT molecular complexity index is 2120. The van der Waals surface area contributed by atoms with E-state index in [-0.39, 0.29) is 19.2 Å². The Morgan fingerprint density at radius 2 is 1.58 bits per heavy atom. The summed E-state index contributed by atoms with van der Waals surface area (Å²) in [6.45, 7) is 6.39. The smallest absolute Gasteiger partial charge is 0.454 e. The number of alkyl halides is 3. The lowest BCUT2D eigenvalue weighted by atomic mass is 10.00. The van der Waals surface area contributed by atoms with Crippen LogP contribution in [-0.4, -0.2) is 45.9 Å². The van der Waals surface area contributed by atoms with Gasteiger partial charge in [0.15, 0.2) is 11.5 Å². The first-order valence-corrected chi connectivity index (χ1v) is 15.2. The van der Waals surface area contributed by atoms with Crippen molar-refractivity contribution in [1.29, 1.82) is 0 Å². The number of amides is 4. The molecule has 0 aliphatic carbocycles. The zero-order chi connectivity index (χ0) is 35.8. The molecule has 0 unspecified atom stereocenters. The van der Waals surface area contributed by atoms with Crippen molar-refractivity contribution in [1.82, 2.24) is 20.0 Å². The number of rotatable bonds is 8. The highest BCUT2D eigenvalue weighted by atomic mass is 19.4. The van der Waals surface area contributed by atoms with Gasteiger partial charge in [-0.25, -0.2) is 9.78 Å². The first-order valence-electron chi connectivity index (χ1n) is 15.2. The minimum absolute atomic E-state index is 0.158. The topological polar surface area (TPSA) is 158 Å². The number of hydrogen-bond acceptors (Lipinski definition) is 8. The molecule has 2 aromatic heterocycles. The highest BCUT2D eigenvalue weighted by Gasteiger charge is 2.33. The van der Waals surface area contributed by atoms with Gasteiger partial charge in [-0.2, -0.15) is 0 Å². The van der Waals surface area contributed by atoms with Crippen molar-refractivity contribution in [2.24, 2.45) is 5.73 Å². The predicted molar refractivity (Wildman–Crippen MR) is 177 cm³/mol. The molecule has 1 aliphatic heterocycles. The number of nitrogens with two attached hydrogens (primary N) is 1. The number of fused-ring (bicyclic) bond motifs is 2. The second-order valence-corrected chi connectivity index (χ2v) is 12.4. The second kappa shape index (κ2) is 13.0. The molecule has 0 radical (unpaired) electrons. The maximum absolute atomic E-state index is 13.2. The fourth-order valence-corrected chi connectivity index (χ4v) is 5.29. The molecule has 50 heavy (non-hydrogen) atoms. The third-order valence-corrected chi connectivity index (χ3v) is 7.44. The molecule has 0 spiro atoms. The molecule has 5 aromatic rings. The van der Waals surface area contributed by atoms with Crippen LogP contribution < -0.4 is 35.9 Å². The van der Waals surface area contributed by atoms with Gasteiger partial charge in [-0.15, -0.1) is 13.2 Å². The highest BCUT2D eigenvalue weighted by molar-refractivity contribution is 6.06. The zero-order valence-electron chi connectivity index (χ0n) is 27.0. The van der Waals surface area contributed by atoms with E-state index in [1.165, 1.54) is 12.1 Å². The van der Waals surface area contributed by atoms with Gasteiger partial charge in [0.05, 0.1) is 11.1 Å². The number of carbonyl (C=O) groups excluding carboxylic acids is 3. The Hall–Kier alpha value is -6.25. The van der Waals surface area contributed by atoms with E-state index < -0.39 is 35.2 Å². The Labute approximate surface area is 283 Å². The molecule has 3 aromatic carbocycles. The number of nitrogens with one attached hydrogen (secondary N) is 3. The van der Waals surface area contributed by atoms with Crippen molar-refractivity contribution < 1.29 is 41.8 Å². The number of carbonyl (C=O) groups is 3. The van der Waals surface area contributed by atoms with Crippen LogP contribution in [0.1, 0.15) is 47.1 Å². The van der Waals surface area contributed by atoms with Gasteiger partial charge in [0.25, 0.3) is 11.8 Å². The predicted octanol–water partition coefficient (Wildman–Crippen LogP) is 6.24. The van der Waals surface area contributed by atoms with Gasteiger partial charge in [0, 0.05) is 23.8 Å². The van der Waals surface area contributed by atoms with E-state index in [0.717, 1.165) is 11.6 Å². The summed E-state index contributed by atoms with van der Waals surface area (Å²) in [5.41, 5.74) is 8.12. The van der Waals surface area contributed by atoms with Crippen molar-refractivity contribution in [3.8, 4) is 39.6 Å². The summed E-state index contributed by atoms with van der Waals surface area (Å²) in [5.74, 6) is -0.324. The maximum atomic E-state index is 13.2. The molecule has 0 bridgehead atoms. The molecule has 1 aliphatic rings. The van der Waals surface area contributed by atoms with E-state index in [9.17, 15) is 27.6 Å². The number of anilines is 1. The molecule has 0 saturated carbocycles. The van der Waals surface area contributed by atoms with Gasteiger partial charge in [0.1, 0.15) is 22.9 Å². The molecule has 5 N–H and O–H groups in total. The van der Waals surface area contributed by atoms with Gasteiger partial charge in [-0.3, -0.25) is 19.3 Å². The molecule has 6 rings (SSSR count). The maximum Gasteiger partial charge on any atom is 0.573 e. The number of nitrogens with zero attached hydrogens (tertiary/aromatic N) is 2. The minimum Gasteiger partial charge on any atom is -0.454 e. The number of urea groups is 1. The van der Waals surface area contributed by atoms with Crippen LogP contribution in [0.3, 0.4) is 0 Å². The van der Waals surface area contributed by atoms with Gasteiger partial charge in [-0.1, -0.05) is 36.4 Å². The molecule has 12 nitrogen and oxygen atoms in total. The van der Waals surface area contributed by atoms with Crippen molar-refractivity contribution in [3.63, 3.8) is 0 Å². The number of halogens is 3. The average molecular weight is 689 g/mol. The molecule has 3 heterocycles. The molecular formula is C35H31F3N6O6. The summed E-state index contributed by atoms with van der Waals surface area (Å²) in [6.07, 6.45) is -3.37. The fraction of sp³-hybridized carbons (Fsp3) is 0.200. The Kier molecular flexibility index (Phi) is 8.74. The van der Waals surface area contributed by atoms with Crippen LogP contribution in [0.25, 0.3) is 28.0 Å². The second-order valence-electron chi connectivity index (χ2n) is 12.4. The lowest BCUT2D eigenvalue weighted by Crippen LogP contribution is -2.35. The van der Waals surface area contributed by atoms with Gasteiger partial charge >= 0.3 is 12.4 Å². The summed E-state index contributed by atoms with van der Waals surface area (Å²) >= 11 is 0. The first kappa shape index (κ1) is 33.6. The van der Waals surface area contributed by atoms with Gasteiger partial charge < -0.3 is 30.6 Å². The molecule has 258 valence electrons. The van der Waals surface area contributed by atoms with Gasteiger partial charge in [-0.05, 0) is 73.9 Å². The first-order chi connectivity index (χ1) is 23.6. The normalized spacial score (nSPS) is 12.4. The minimum atomic E-state index is -5.07. The van der Waals surface area contributed by atoms with Crippen LogP contribution >= 0.6 is 0 Å². The molecule has 0 fully saturated rings. The van der Waals surface area contributed by atoms with E-state index in [1.807, 2.05) is 32.9 Å². The monoisotopic (exact) mass is 688 g/mol. The van der Waals surface area contributed by atoms with Crippen molar-refractivity contribution in [3.05, 3.63) is 95.7 Å². The molecular weight excluding hydrogens is 657 g/mol. The van der Waals surface area contributed by atoms with Crippen LogP contribution in [0.15, 0.2) is 79.0 Å². The largest absolute Gasteiger partial charge is 0.573 e. The average Bonchev–Trinajstić information content (AvgIpc) is 3.66. The number of hydrogen-bond donors (Lipinski definition) is 4. The summed E-state index contributed by atoms with van der Waals surface area (Å²) in [6, 6.07) is 18.1. The lowest BCUT2D eigenvalue weighted by Gasteiger charge is -2.23. The summed E-state index contributed by atoms with van der Waals surface area (Å²) in [4.78, 5) is 41.8. The fourth-order valence-electron chi connectivity index (χ4n) is 5.29. The van der Waals surface area contributed by atoms with E-state index in [2.05, 4.69) is 15.4 Å². The van der Waals surface area contributed by atoms with Crippen molar-refractivity contribution in [2.75, 3.05) is 12.1 Å². The Morgan fingerprint density at radius 1 is 0.880 bits per heavy atom. The third kappa shape index (κ3) is 7.56. The van der Waals surface area contributed by atoms with Crippen molar-refractivity contribution >= 4 is 29.3 Å². The standard InChI is InChI=1S/C35H31F3N6O6/c1-34(2,3)43-30-29(41-28-13-10-23(17-44(28)30)31(45)40-16-19-4-11-26-27(14-19)49-18-48-26)21-7-5-20(6-8-21)22-9-12-25(50-35(36,37)38)24(15-22)32(46)42-33(39)47/h4-15,17,43H,16,18H2,1-3H3,(H,40,45)(H3,39,42,46,47). The quantitative estimate of drug-likeness (QED) is 0.149. The van der Waals surface area contributed by atoms with E-state index in [4.69, 9.17) is 20.2 Å². The van der Waals surface area contributed by atoms with E-state index in [1.54, 1.807) is 58.4 Å². The number of benzene rings is 3. The number of aromatic nitrogens is 2. The number of primary amides is 1. The van der Waals surface area contributed by atoms with Crippen LogP contribution in [0.5, 0.6) is 17.2 Å². The number of ether oxygens (including phenoxy) is 3. The van der Waals surface area contributed by atoms with Crippen LogP contribution in [0.2, 0.25) is 0 Å². The Balaban J connectivity index is 1.29. The van der Waals surface area contributed by atoms with Gasteiger partial charge in [0.2, 0.25) is 6.79 Å². The summed E-state index contributed by atoms with van der Waals surface area (Å²) in [5, 5.41) is 8.18. The molecule has 4 amide bonds. The van der Waals surface area contributed by atoms with Crippen LogP contribution in [0, 0.1) is 0 Å². The number of imide groups is 1. The Morgan fingerprint density at radius 3 is 2.28 bits per heavy atom. The summed E-state index contributed by atoms with van der Waals surface area (Å²) in [7, 11) is 0. The number of pyridine rings is 1. The van der Waals surface area contributed by atoms with Crippen LogP contribution in [0.4, 0.5) is 23.8 Å². The molecule has 0 saturated heterocycles. The zero-order valence-corrected chi connectivity index (χ0v) is 27.0. The SMILES string of the molecule is CC(C)(C)Nc1c(-c2ccc(-c3ccc(OC(F)(F)F)c(C(=O)NC(N)=O)c3)cc2)nc2ccc(C(=O)NCc3ccc4c(c3)OCO4)cn12. The number of imidazole rings is 1. The summed E-state index contributed by atoms with van der Waals surface area (Å²) < 4.78 is 55.6. The third-order valence-electron chi connectivity index (χ3n) is 7.44. The van der Waals surface area contributed by atoms with Crippen LogP contribution in [-0.2, 0) is 6.54 Å².